The predicted octanol–water partition coefficient (Wildman–Crippen LogP) is 4.48. The summed E-state index contributed by atoms with van der Waals surface area (Å²) in [5, 5.41) is 0. The van der Waals surface area contributed by atoms with Crippen LogP contribution < -0.4 is 0 Å². The van der Waals surface area contributed by atoms with Gasteiger partial charge in [0.15, 0.2) is 0 Å². The van der Waals surface area contributed by atoms with Crippen LogP contribution in [0.15, 0.2) is 48.8 Å². The maximum atomic E-state index is 12.4. The Hall–Kier alpha value is -1.15. The number of hydrogen-bond acceptors (Lipinski definition) is 3. The number of rotatable bonds is 7. The van der Waals surface area contributed by atoms with Crippen LogP contribution in [0.25, 0.3) is 6.08 Å². The van der Waals surface area contributed by atoms with Crippen molar-refractivity contribution in [3.8, 4) is 0 Å². The molecule has 0 N–H and O–H groups in total. The molecule has 1 aromatic carbocycles. The molecular weight excluding hydrogens is 247 g/mol. The van der Waals surface area contributed by atoms with Gasteiger partial charge in [-0.2, -0.15) is 0 Å². The van der Waals surface area contributed by atoms with E-state index in [9.17, 15) is 4.57 Å². The molecule has 0 fully saturated rings. The minimum atomic E-state index is -3.21. The predicted molar refractivity (Wildman–Crippen MR) is 75.5 cm³/mol. The molecule has 98 valence electrons. The van der Waals surface area contributed by atoms with Crippen molar-refractivity contribution < 1.29 is 13.6 Å². The second kappa shape index (κ2) is 7.32. The van der Waals surface area contributed by atoms with Gasteiger partial charge in [-0.05, 0) is 25.5 Å². The normalized spacial score (nSPS) is 14.8. The average Bonchev–Trinajstić information content (AvgIpc) is 2.35. The Labute approximate surface area is 109 Å². The third-order valence-corrected chi connectivity index (χ3v) is 3.72. The fraction of sp³-hybridized carbons (Fsp3) is 0.286. The lowest BCUT2D eigenvalue weighted by atomic mass is 10.2. The Balaban J connectivity index is 2.80. The molecule has 0 saturated carbocycles. The number of hydrogen-bond donors (Lipinski definition) is 0. The largest absolute Gasteiger partial charge is 0.354 e. The molecule has 1 atom stereocenters. The molecule has 0 aromatic heterocycles. The molecule has 0 aliphatic heterocycles. The third kappa shape index (κ3) is 5.46. The number of benzene rings is 1. The highest BCUT2D eigenvalue weighted by Crippen LogP contribution is 2.51. The van der Waals surface area contributed by atoms with E-state index in [0.717, 1.165) is 5.56 Å². The molecule has 3 nitrogen and oxygen atoms in total. The molecule has 0 bridgehead atoms. The van der Waals surface area contributed by atoms with Gasteiger partial charge in [-0.1, -0.05) is 36.4 Å². The van der Waals surface area contributed by atoms with Crippen LogP contribution in [0.4, 0.5) is 0 Å². The van der Waals surface area contributed by atoms with Crippen LogP contribution in [-0.2, 0) is 13.6 Å². The van der Waals surface area contributed by atoms with Gasteiger partial charge in [-0.25, -0.2) is 0 Å². The van der Waals surface area contributed by atoms with Crippen LogP contribution in [0.1, 0.15) is 19.4 Å². The maximum Gasteiger partial charge on any atom is 0.354 e. The second-order valence-corrected chi connectivity index (χ2v) is 5.85. The third-order valence-electron chi connectivity index (χ3n) is 1.98. The van der Waals surface area contributed by atoms with E-state index in [-0.39, 0.29) is 12.7 Å². The first kappa shape index (κ1) is 14.9. The van der Waals surface area contributed by atoms with E-state index < -0.39 is 7.60 Å². The van der Waals surface area contributed by atoms with Crippen molar-refractivity contribution in [1.29, 1.82) is 0 Å². The summed E-state index contributed by atoms with van der Waals surface area (Å²) in [5.41, 5.74) is 0.951. The van der Waals surface area contributed by atoms with Gasteiger partial charge in [0.2, 0.25) is 0 Å². The quantitative estimate of drug-likeness (QED) is 0.539. The van der Waals surface area contributed by atoms with Crippen molar-refractivity contribution in [2.75, 3.05) is 6.61 Å². The van der Waals surface area contributed by atoms with Crippen LogP contribution >= 0.6 is 7.60 Å². The zero-order valence-corrected chi connectivity index (χ0v) is 11.7. The molecule has 0 amide bonds. The van der Waals surface area contributed by atoms with Crippen molar-refractivity contribution in [3.05, 3.63) is 54.4 Å². The van der Waals surface area contributed by atoms with Crippen LogP contribution in [0, 0.1) is 0 Å². The molecule has 0 aliphatic rings. The van der Waals surface area contributed by atoms with Gasteiger partial charge in [0.05, 0.1) is 12.7 Å². The van der Waals surface area contributed by atoms with E-state index in [1.54, 1.807) is 12.2 Å². The minimum Gasteiger partial charge on any atom is -0.303 e. The lowest BCUT2D eigenvalue weighted by molar-refractivity contribution is 0.185. The monoisotopic (exact) mass is 266 g/mol. The van der Waals surface area contributed by atoms with Crippen molar-refractivity contribution in [2.45, 2.75) is 20.0 Å². The summed E-state index contributed by atoms with van der Waals surface area (Å²) in [6.07, 6.45) is 3.12. The van der Waals surface area contributed by atoms with Crippen molar-refractivity contribution in [2.24, 2.45) is 0 Å². The SMILES string of the molecule is C=CCOP(=O)(C=Cc1ccccc1)OC(C)C. The van der Waals surface area contributed by atoms with Crippen LogP contribution in [-0.4, -0.2) is 12.7 Å². The Morgan fingerprint density at radius 1 is 1.33 bits per heavy atom. The summed E-state index contributed by atoms with van der Waals surface area (Å²) >= 11 is 0. The summed E-state index contributed by atoms with van der Waals surface area (Å²) in [5.74, 6) is 1.49. The first-order valence-electron chi connectivity index (χ1n) is 5.83. The summed E-state index contributed by atoms with van der Waals surface area (Å²) in [7, 11) is -3.21. The molecule has 1 aromatic rings. The molecule has 0 aliphatic carbocycles. The Kier molecular flexibility index (Phi) is 6.06. The molecule has 0 heterocycles. The first-order valence-corrected chi connectivity index (χ1v) is 7.45. The zero-order chi connectivity index (χ0) is 13.4. The van der Waals surface area contributed by atoms with Crippen LogP contribution in [0.2, 0.25) is 0 Å². The van der Waals surface area contributed by atoms with Gasteiger partial charge in [-0.3, -0.25) is 4.57 Å². The van der Waals surface area contributed by atoms with Gasteiger partial charge in [-0.15, -0.1) is 6.58 Å². The van der Waals surface area contributed by atoms with Crippen LogP contribution in [0.3, 0.4) is 0 Å². The van der Waals surface area contributed by atoms with Crippen molar-refractivity contribution in [1.82, 2.24) is 0 Å². The van der Waals surface area contributed by atoms with Crippen molar-refractivity contribution >= 4 is 13.7 Å². The highest BCUT2D eigenvalue weighted by molar-refractivity contribution is 7.57. The molecule has 0 saturated heterocycles. The van der Waals surface area contributed by atoms with Gasteiger partial charge in [0, 0.05) is 5.82 Å². The smallest absolute Gasteiger partial charge is 0.303 e. The van der Waals surface area contributed by atoms with E-state index in [4.69, 9.17) is 9.05 Å². The fourth-order valence-electron chi connectivity index (χ4n) is 1.30. The maximum absolute atomic E-state index is 12.4. The van der Waals surface area contributed by atoms with E-state index in [2.05, 4.69) is 6.58 Å². The van der Waals surface area contributed by atoms with Gasteiger partial charge in [0.25, 0.3) is 0 Å². The van der Waals surface area contributed by atoms with E-state index in [1.807, 2.05) is 44.2 Å². The average molecular weight is 266 g/mol. The molecule has 1 unspecified atom stereocenters. The molecule has 1 rings (SSSR count). The lowest BCUT2D eigenvalue weighted by Crippen LogP contribution is -2.01. The second-order valence-electron chi connectivity index (χ2n) is 4.00. The minimum absolute atomic E-state index is 0.166. The molecule has 18 heavy (non-hydrogen) atoms. The van der Waals surface area contributed by atoms with E-state index in [1.165, 1.54) is 5.82 Å². The lowest BCUT2D eigenvalue weighted by Gasteiger charge is -2.16. The fourth-order valence-corrected chi connectivity index (χ4v) is 2.77. The summed E-state index contributed by atoms with van der Waals surface area (Å²) in [6.45, 7) is 7.37. The van der Waals surface area contributed by atoms with E-state index in [0.29, 0.717) is 0 Å². The zero-order valence-electron chi connectivity index (χ0n) is 10.8. The van der Waals surface area contributed by atoms with Gasteiger partial charge in [0.1, 0.15) is 0 Å². The van der Waals surface area contributed by atoms with E-state index >= 15 is 0 Å². The summed E-state index contributed by atoms with van der Waals surface area (Å²) in [6, 6.07) is 9.60. The molecule has 0 spiro atoms. The van der Waals surface area contributed by atoms with Gasteiger partial charge < -0.3 is 9.05 Å². The van der Waals surface area contributed by atoms with Gasteiger partial charge >= 0.3 is 7.60 Å². The summed E-state index contributed by atoms with van der Waals surface area (Å²) < 4.78 is 23.0. The highest BCUT2D eigenvalue weighted by Gasteiger charge is 2.21. The first-order chi connectivity index (χ1) is 8.56. The van der Waals surface area contributed by atoms with Crippen LogP contribution in [0.5, 0.6) is 0 Å². The Morgan fingerprint density at radius 3 is 2.56 bits per heavy atom. The topological polar surface area (TPSA) is 35.5 Å². The Bertz CT molecular complexity index is 438. The molecular formula is C14H19O3P. The van der Waals surface area contributed by atoms with Crippen molar-refractivity contribution in [3.63, 3.8) is 0 Å². The molecule has 0 radical (unpaired) electrons. The standard InChI is InChI=1S/C14H19O3P/c1-4-11-16-18(15,17-13(2)3)12-10-14-8-6-5-7-9-14/h4-10,12-13H,1,11H2,2-3H3. The summed E-state index contributed by atoms with van der Waals surface area (Å²) in [4.78, 5) is 0. The Morgan fingerprint density at radius 2 is 2.00 bits per heavy atom. The highest BCUT2D eigenvalue weighted by atomic mass is 31.2. The molecule has 4 heteroatoms.